The molecule has 21 heavy (non-hydrogen) atoms. The van der Waals surface area contributed by atoms with Crippen molar-refractivity contribution in [2.24, 2.45) is 0 Å². The van der Waals surface area contributed by atoms with Gasteiger partial charge in [0.2, 0.25) is 0 Å². The highest BCUT2D eigenvalue weighted by molar-refractivity contribution is 6.30. The molecule has 0 unspecified atom stereocenters. The summed E-state index contributed by atoms with van der Waals surface area (Å²) in [6.07, 6.45) is 3.69. The van der Waals surface area contributed by atoms with Gasteiger partial charge in [-0.15, -0.1) is 0 Å². The molecule has 2 aromatic carbocycles. The molecule has 102 valence electrons. The van der Waals surface area contributed by atoms with Gasteiger partial charge in [-0.1, -0.05) is 35.9 Å². The quantitative estimate of drug-likeness (QED) is 0.780. The summed E-state index contributed by atoms with van der Waals surface area (Å²) in [5.41, 5.74) is 2.39. The molecule has 0 aliphatic heterocycles. The Bertz CT molecular complexity index is 832. The molecule has 0 bridgehead atoms. The Morgan fingerprint density at radius 1 is 1.14 bits per heavy atom. The van der Waals surface area contributed by atoms with E-state index in [1.807, 2.05) is 30.6 Å². The smallest absolute Gasteiger partial charge is 0.101 e. The van der Waals surface area contributed by atoms with Crippen LogP contribution in [0, 0.1) is 11.3 Å². The van der Waals surface area contributed by atoms with Gasteiger partial charge >= 0.3 is 0 Å². The number of rotatable bonds is 3. The van der Waals surface area contributed by atoms with Crippen molar-refractivity contribution in [1.82, 2.24) is 4.98 Å². The number of hydrogen-bond acceptors (Lipinski definition) is 3. The first-order valence-corrected chi connectivity index (χ1v) is 6.91. The van der Waals surface area contributed by atoms with E-state index in [1.165, 1.54) is 0 Å². The summed E-state index contributed by atoms with van der Waals surface area (Å²) in [4.78, 5) is 4.25. The molecule has 3 nitrogen and oxygen atoms in total. The summed E-state index contributed by atoms with van der Waals surface area (Å²) in [7, 11) is 0. The Morgan fingerprint density at radius 3 is 2.86 bits per heavy atom. The lowest BCUT2D eigenvalue weighted by Gasteiger charge is -2.10. The molecule has 1 aromatic heterocycles. The number of nitrogens with one attached hydrogen (secondary N) is 1. The van der Waals surface area contributed by atoms with Gasteiger partial charge in [-0.05, 0) is 29.1 Å². The number of hydrogen-bond donors (Lipinski definition) is 1. The number of aromatic nitrogens is 1. The average Bonchev–Trinajstić information content (AvgIpc) is 2.53. The SMILES string of the molecule is N#Cc1ccc(Cl)cc1NCc1cncc2ccccc12. The lowest BCUT2D eigenvalue weighted by Crippen LogP contribution is -2.02. The van der Waals surface area contributed by atoms with Gasteiger partial charge in [-0.2, -0.15) is 5.26 Å². The van der Waals surface area contributed by atoms with E-state index in [1.54, 1.807) is 18.2 Å². The zero-order valence-corrected chi connectivity index (χ0v) is 11.9. The maximum Gasteiger partial charge on any atom is 0.101 e. The monoisotopic (exact) mass is 293 g/mol. The summed E-state index contributed by atoms with van der Waals surface area (Å²) < 4.78 is 0. The minimum absolute atomic E-state index is 0.576. The van der Waals surface area contributed by atoms with Gasteiger partial charge in [-0.25, -0.2) is 0 Å². The number of pyridine rings is 1. The summed E-state index contributed by atoms with van der Waals surface area (Å²) in [6, 6.07) is 15.4. The molecule has 1 N–H and O–H groups in total. The van der Waals surface area contributed by atoms with Crippen LogP contribution < -0.4 is 5.32 Å². The van der Waals surface area contributed by atoms with Crippen LogP contribution in [0.3, 0.4) is 0 Å². The second-order valence-corrected chi connectivity index (χ2v) is 5.11. The molecule has 1 heterocycles. The lowest BCUT2D eigenvalue weighted by atomic mass is 10.1. The van der Waals surface area contributed by atoms with Crippen molar-refractivity contribution >= 4 is 28.1 Å². The molecule has 3 rings (SSSR count). The van der Waals surface area contributed by atoms with E-state index in [-0.39, 0.29) is 0 Å². The van der Waals surface area contributed by atoms with Crippen LogP contribution >= 0.6 is 11.6 Å². The molecule has 0 aliphatic rings. The molecule has 0 aliphatic carbocycles. The van der Waals surface area contributed by atoms with Crippen molar-refractivity contribution in [2.45, 2.75) is 6.54 Å². The van der Waals surface area contributed by atoms with Crippen molar-refractivity contribution in [3.63, 3.8) is 0 Å². The third-order valence-electron chi connectivity index (χ3n) is 3.32. The normalized spacial score (nSPS) is 10.3. The molecule has 0 atom stereocenters. The van der Waals surface area contributed by atoms with Crippen LogP contribution in [0.25, 0.3) is 10.8 Å². The van der Waals surface area contributed by atoms with E-state index >= 15 is 0 Å². The van der Waals surface area contributed by atoms with Crippen molar-refractivity contribution in [2.75, 3.05) is 5.32 Å². The van der Waals surface area contributed by atoms with Crippen LogP contribution in [-0.4, -0.2) is 4.98 Å². The Labute approximate surface area is 127 Å². The highest BCUT2D eigenvalue weighted by Crippen LogP contribution is 2.23. The number of benzene rings is 2. The van der Waals surface area contributed by atoms with Gasteiger partial charge < -0.3 is 5.32 Å². The third-order valence-corrected chi connectivity index (χ3v) is 3.56. The molecular formula is C17H12ClN3. The van der Waals surface area contributed by atoms with E-state index < -0.39 is 0 Å². The number of halogens is 1. The lowest BCUT2D eigenvalue weighted by molar-refractivity contribution is 1.13. The van der Waals surface area contributed by atoms with Gasteiger partial charge in [0.25, 0.3) is 0 Å². The second kappa shape index (κ2) is 5.82. The predicted molar refractivity (Wildman–Crippen MR) is 85.2 cm³/mol. The van der Waals surface area contributed by atoms with Crippen LogP contribution in [0.5, 0.6) is 0 Å². The Kier molecular flexibility index (Phi) is 3.72. The Balaban J connectivity index is 1.91. The summed E-state index contributed by atoms with van der Waals surface area (Å²) in [5.74, 6) is 0. The number of nitriles is 1. The molecule has 0 amide bonds. The molecule has 0 saturated carbocycles. The van der Waals surface area contributed by atoms with E-state index in [9.17, 15) is 0 Å². The highest BCUT2D eigenvalue weighted by Gasteiger charge is 2.05. The third kappa shape index (κ3) is 2.81. The summed E-state index contributed by atoms with van der Waals surface area (Å²) in [6.45, 7) is 0.587. The maximum absolute atomic E-state index is 9.13. The zero-order chi connectivity index (χ0) is 14.7. The van der Waals surface area contributed by atoms with Crippen LogP contribution in [0.4, 0.5) is 5.69 Å². The van der Waals surface area contributed by atoms with Crippen molar-refractivity contribution in [1.29, 1.82) is 5.26 Å². The minimum atomic E-state index is 0.576. The molecule has 0 spiro atoms. The van der Waals surface area contributed by atoms with Gasteiger partial charge in [0.1, 0.15) is 6.07 Å². The zero-order valence-electron chi connectivity index (χ0n) is 11.2. The number of fused-ring (bicyclic) bond motifs is 1. The fraction of sp³-hybridized carbons (Fsp3) is 0.0588. The summed E-state index contributed by atoms with van der Waals surface area (Å²) in [5, 5.41) is 15.3. The molecule has 0 fully saturated rings. The maximum atomic E-state index is 9.13. The topological polar surface area (TPSA) is 48.7 Å². The fourth-order valence-electron chi connectivity index (χ4n) is 2.27. The van der Waals surface area contributed by atoms with E-state index in [2.05, 4.69) is 22.4 Å². The first-order chi connectivity index (χ1) is 10.3. The molecular weight excluding hydrogens is 282 g/mol. The minimum Gasteiger partial charge on any atom is -0.380 e. The van der Waals surface area contributed by atoms with E-state index in [0.717, 1.165) is 22.0 Å². The first-order valence-electron chi connectivity index (χ1n) is 6.53. The molecule has 4 heteroatoms. The first kappa shape index (κ1) is 13.4. The summed E-state index contributed by atoms with van der Waals surface area (Å²) >= 11 is 5.99. The Morgan fingerprint density at radius 2 is 2.00 bits per heavy atom. The molecule has 3 aromatic rings. The Hall–Kier alpha value is -2.57. The van der Waals surface area contributed by atoms with Crippen molar-refractivity contribution in [3.05, 3.63) is 71.0 Å². The van der Waals surface area contributed by atoms with Gasteiger partial charge in [0, 0.05) is 29.3 Å². The number of anilines is 1. The van der Waals surface area contributed by atoms with Gasteiger partial charge in [0.05, 0.1) is 11.3 Å². The number of nitrogens with zero attached hydrogens (tertiary/aromatic N) is 2. The second-order valence-electron chi connectivity index (χ2n) is 4.68. The van der Waals surface area contributed by atoms with Gasteiger partial charge in [0.15, 0.2) is 0 Å². The largest absolute Gasteiger partial charge is 0.380 e. The van der Waals surface area contributed by atoms with Crippen LogP contribution in [0.1, 0.15) is 11.1 Å². The van der Waals surface area contributed by atoms with Crippen molar-refractivity contribution < 1.29 is 0 Å². The van der Waals surface area contributed by atoms with E-state index in [0.29, 0.717) is 17.1 Å². The van der Waals surface area contributed by atoms with Crippen LogP contribution in [-0.2, 0) is 6.54 Å². The average molecular weight is 294 g/mol. The standard InChI is InChI=1S/C17H12ClN3/c18-15-6-5-12(8-19)17(7-15)21-11-14-10-20-9-13-3-1-2-4-16(13)14/h1-7,9-10,21H,11H2. The molecule has 0 radical (unpaired) electrons. The van der Waals surface area contributed by atoms with Crippen LogP contribution in [0.2, 0.25) is 5.02 Å². The van der Waals surface area contributed by atoms with Crippen LogP contribution in [0.15, 0.2) is 54.9 Å². The molecule has 0 saturated heterocycles. The predicted octanol–water partition coefficient (Wildman–Crippen LogP) is 4.37. The highest BCUT2D eigenvalue weighted by atomic mass is 35.5. The van der Waals surface area contributed by atoms with Crippen molar-refractivity contribution in [3.8, 4) is 6.07 Å². The fourth-order valence-corrected chi connectivity index (χ4v) is 2.44. The van der Waals surface area contributed by atoms with Gasteiger partial charge in [-0.3, -0.25) is 4.98 Å². The van der Waals surface area contributed by atoms with E-state index in [4.69, 9.17) is 16.9 Å².